The van der Waals surface area contributed by atoms with Gasteiger partial charge in [-0.1, -0.05) is 48.0 Å². The van der Waals surface area contributed by atoms with Crippen LogP contribution in [0, 0.1) is 17.8 Å². The van der Waals surface area contributed by atoms with Crippen LogP contribution in [0.1, 0.15) is 49.7 Å². The molecule has 0 heterocycles. The standard InChI is InChI=1S/C29H29ClO2/c30-27-14-24(31)7-8-25(27)23-6-9-28(32-18-19-4-2-1-3-5-19)26(13-23)29-15-20-10-21(16-29)12-22(11-20)17-29/h1-9,13-14,20-22,31H,10-12,15-18H2. The number of phenolic OH excluding ortho intramolecular Hbond substituents is 1. The number of benzene rings is 3. The van der Waals surface area contributed by atoms with Gasteiger partial charge in [0.1, 0.15) is 18.1 Å². The topological polar surface area (TPSA) is 29.5 Å². The van der Waals surface area contributed by atoms with Gasteiger partial charge in [-0.2, -0.15) is 0 Å². The van der Waals surface area contributed by atoms with Crippen LogP contribution in [0.2, 0.25) is 5.02 Å². The predicted octanol–water partition coefficient (Wildman–Crippen LogP) is 7.76. The van der Waals surface area contributed by atoms with Gasteiger partial charge in [0.05, 0.1) is 5.02 Å². The third-order valence-corrected chi connectivity index (χ3v) is 8.40. The number of halogens is 1. The second-order valence-corrected chi connectivity index (χ2v) is 10.8. The summed E-state index contributed by atoms with van der Waals surface area (Å²) in [6.07, 6.45) is 8.11. The van der Waals surface area contributed by atoms with Gasteiger partial charge in [-0.3, -0.25) is 0 Å². The number of hydrogen-bond acceptors (Lipinski definition) is 2. The van der Waals surface area contributed by atoms with Gasteiger partial charge in [0.25, 0.3) is 0 Å². The Labute approximate surface area is 195 Å². The first-order valence-electron chi connectivity index (χ1n) is 11.9. The third kappa shape index (κ3) is 3.59. The highest BCUT2D eigenvalue weighted by molar-refractivity contribution is 6.33. The predicted molar refractivity (Wildman–Crippen MR) is 129 cm³/mol. The summed E-state index contributed by atoms with van der Waals surface area (Å²) < 4.78 is 6.48. The molecule has 3 aromatic rings. The molecule has 0 aliphatic heterocycles. The van der Waals surface area contributed by atoms with Crippen LogP contribution in [0.5, 0.6) is 11.5 Å². The zero-order chi connectivity index (χ0) is 21.7. The Balaban J connectivity index is 1.42. The van der Waals surface area contributed by atoms with Gasteiger partial charge in [-0.05, 0) is 103 Å². The summed E-state index contributed by atoms with van der Waals surface area (Å²) in [7, 11) is 0. The Kier molecular flexibility index (Phi) is 4.95. The molecule has 3 heteroatoms. The van der Waals surface area contributed by atoms with Crippen LogP contribution in [0.15, 0.2) is 66.7 Å². The molecule has 164 valence electrons. The van der Waals surface area contributed by atoms with Crippen LogP contribution in [-0.2, 0) is 12.0 Å². The summed E-state index contributed by atoms with van der Waals surface area (Å²) in [5.41, 5.74) is 4.85. The van der Waals surface area contributed by atoms with E-state index in [-0.39, 0.29) is 11.2 Å². The van der Waals surface area contributed by atoms with Crippen molar-refractivity contribution in [3.63, 3.8) is 0 Å². The zero-order valence-electron chi connectivity index (χ0n) is 18.3. The van der Waals surface area contributed by atoms with Crippen LogP contribution in [-0.4, -0.2) is 5.11 Å². The Hall–Kier alpha value is -2.45. The molecular weight excluding hydrogens is 416 g/mol. The van der Waals surface area contributed by atoms with Gasteiger partial charge in [-0.25, -0.2) is 0 Å². The molecule has 2 nitrogen and oxygen atoms in total. The average molecular weight is 445 g/mol. The Bertz CT molecular complexity index is 1100. The molecule has 0 atom stereocenters. The van der Waals surface area contributed by atoms with E-state index in [1.54, 1.807) is 12.1 Å². The van der Waals surface area contributed by atoms with Crippen LogP contribution in [0.3, 0.4) is 0 Å². The lowest BCUT2D eigenvalue weighted by Crippen LogP contribution is -2.48. The molecule has 0 radical (unpaired) electrons. The summed E-state index contributed by atoms with van der Waals surface area (Å²) in [4.78, 5) is 0. The molecule has 32 heavy (non-hydrogen) atoms. The molecule has 1 N–H and O–H groups in total. The quantitative estimate of drug-likeness (QED) is 0.435. The number of hydrogen-bond donors (Lipinski definition) is 1. The van der Waals surface area contributed by atoms with Crippen LogP contribution >= 0.6 is 11.6 Å². The lowest BCUT2D eigenvalue weighted by Gasteiger charge is -2.57. The SMILES string of the molecule is Oc1ccc(-c2ccc(OCc3ccccc3)c(C34CC5CC(CC(C5)C3)C4)c2)c(Cl)c1. The van der Waals surface area contributed by atoms with Crippen LogP contribution in [0.4, 0.5) is 0 Å². The first-order chi connectivity index (χ1) is 15.6. The van der Waals surface area contributed by atoms with Crippen molar-refractivity contribution in [2.75, 3.05) is 0 Å². The van der Waals surface area contributed by atoms with Crippen molar-refractivity contribution in [1.82, 2.24) is 0 Å². The molecule has 0 unspecified atom stereocenters. The van der Waals surface area contributed by atoms with Crippen molar-refractivity contribution in [1.29, 1.82) is 0 Å². The third-order valence-electron chi connectivity index (χ3n) is 8.09. The molecule has 4 aliphatic rings. The molecular formula is C29H29ClO2. The molecule has 4 saturated carbocycles. The van der Waals surface area contributed by atoms with Gasteiger partial charge in [0.15, 0.2) is 0 Å². The lowest BCUT2D eigenvalue weighted by molar-refractivity contribution is -0.00645. The minimum Gasteiger partial charge on any atom is -0.508 e. The molecule has 3 aromatic carbocycles. The van der Waals surface area contributed by atoms with E-state index in [1.165, 1.54) is 49.7 Å². The largest absolute Gasteiger partial charge is 0.508 e. The Morgan fingerprint density at radius 1 is 0.844 bits per heavy atom. The van der Waals surface area contributed by atoms with E-state index in [0.29, 0.717) is 11.6 Å². The van der Waals surface area contributed by atoms with E-state index in [1.807, 2.05) is 12.1 Å². The number of ether oxygens (including phenoxy) is 1. The van der Waals surface area contributed by atoms with E-state index in [2.05, 4.69) is 42.5 Å². The van der Waals surface area contributed by atoms with Gasteiger partial charge >= 0.3 is 0 Å². The second-order valence-electron chi connectivity index (χ2n) is 10.3. The van der Waals surface area contributed by atoms with Crippen molar-refractivity contribution in [2.45, 2.75) is 50.5 Å². The highest BCUT2D eigenvalue weighted by Gasteiger charge is 2.52. The fraction of sp³-hybridized carbons (Fsp3) is 0.379. The van der Waals surface area contributed by atoms with Gasteiger partial charge in [0.2, 0.25) is 0 Å². The number of rotatable bonds is 5. The van der Waals surface area contributed by atoms with Crippen molar-refractivity contribution in [3.8, 4) is 22.6 Å². The van der Waals surface area contributed by atoms with E-state index >= 15 is 0 Å². The van der Waals surface area contributed by atoms with Crippen molar-refractivity contribution < 1.29 is 9.84 Å². The molecule has 0 aromatic heterocycles. The van der Waals surface area contributed by atoms with E-state index < -0.39 is 0 Å². The molecule has 4 bridgehead atoms. The fourth-order valence-electron chi connectivity index (χ4n) is 7.15. The van der Waals surface area contributed by atoms with E-state index in [9.17, 15) is 5.11 Å². The minimum atomic E-state index is 0.197. The van der Waals surface area contributed by atoms with Gasteiger partial charge in [-0.15, -0.1) is 0 Å². The summed E-state index contributed by atoms with van der Waals surface area (Å²) in [6, 6.07) is 22.3. The summed E-state index contributed by atoms with van der Waals surface area (Å²) in [5, 5.41) is 10.4. The maximum atomic E-state index is 9.81. The smallest absolute Gasteiger partial charge is 0.123 e. The van der Waals surface area contributed by atoms with Gasteiger partial charge in [0, 0.05) is 11.1 Å². The van der Waals surface area contributed by atoms with Crippen LogP contribution < -0.4 is 4.74 Å². The van der Waals surface area contributed by atoms with Crippen molar-refractivity contribution in [3.05, 3.63) is 82.9 Å². The first-order valence-corrected chi connectivity index (χ1v) is 12.3. The molecule has 0 amide bonds. The zero-order valence-corrected chi connectivity index (χ0v) is 19.0. The summed E-state index contributed by atoms with van der Waals surface area (Å²) in [6.45, 7) is 0.583. The van der Waals surface area contributed by atoms with Crippen LogP contribution in [0.25, 0.3) is 11.1 Å². The molecule has 4 aliphatic carbocycles. The average Bonchev–Trinajstić information content (AvgIpc) is 2.78. The summed E-state index contributed by atoms with van der Waals surface area (Å²) in [5.74, 6) is 3.81. The maximum absolute atomic E-state index is 9.81. The van der Waals surface area contributed by atoms with E-state index in [0.717, 1.165) is 34.6 Å². The number of aromatic hydroxyl groups is 1. The normalized spacial score (nSPS) is 28.1. The van der Waals surface area contributed by atoms with Crippen molar-refractivity contribution in [2.24, 2.45) is 17.8 Å². The first kappa shape index (κ1) is 20.2. The Morgan fingerprint density at radius 2 is 1.53 bits per heavy atom. The molecule has 0 spiro atoms. The monoisotopic (exact) mass is 444 g/mol. The highest BCUT2D eigenvalue weighted by Crippen LogP contribution is 2.62. The number of phenols is 1. The minimum absolute atomic E-state index is 0.197. The Morgan fingerprint density at radius 3 is 2.19 bits per heavy atom. The summed E-state index contributed by atoms with van der Waals surface area (Å²) >= 11 is 6.53. The highest BCUT2D eigenvalue weighted by atomic mass is 35.5. The maximum Gasteiger partial charge on any atom is 0.123 e. The lowest BCUT2D eigenvalue weighted by atomic mass is 9.48. The fourth-order valence-corrected chi connectivity index (χ4v) is 7.44. The van der Waals surface area contributed by atoms with E-state index in [4.69, 9.17) is 16.3 Å². The van der Waals surface area contributed by atoms with Gasteiger partial charge < -0.3 is 9.84 Å². The molecule has 7 rings (SSSR count). The van der Waals surface area contributed by atoms with Crippen molar-refractivity contribution >= 4 is 11.6 Å². The second kappa shape index (κ2) is 7.85. The molecule has 4 fully saturated rings. The molecule has 0 saturated heterocycles.